The minimum atomic E-state index is -1.62. The average Bonchev–Trinajstić information content (AvgIpc) is 4.01. The predicted octanol–water partition coefficient (Wildman–Crippen LogP) is -0.0998. The van der Waals surface area contributed by atoms with Crippen LogP contribution < -0.4 is 31.9 Å². The Labute approximate surface area is 404 Å². The molecule has 10 N–H and O–H groups in total. The molecule has 2 aliphatic heterocycles. The lowest BCUT2D eigenvalue weighted by atomic mass is 10.00. The number of carbonyl (C=O) groups is 9. The number of amides is 8. The van der Waals surface area contributed by atoms with E-state index in [-0.39, 0.29) is 44.5 Å². The molecule has 0 saturated carbocycles. The average molecular weight is 971 g/mol. The molecule has 2 saturated heterocycles. The Bertz CT molecular complexity index is 1960. The predicted molar refractivity (Wildman–Crippen MR) is 252 cm³/mol. The van der Waals surface area contributed by atoms with Gasteiger partial charge in [0.1, 0.15) is 41.9 Å². The molecule has 1 aromatic carbocycles. The van der Waals surface area contributed by atoms with E-state index in [9.17, 15) is 63.6 Å². The number of hydrogen-bond acceptors (Lipinski definition) is 12. The lowest BCUT2D eigenvalue weighted by molar-refractivity contribution is -0.147. The molecule has 2 aliphatic rings. The van der Waals surface area contributed by atoms with Gasteiger partial charge in [0.25, 0.3) is 5.91 Å². The number of allylic oxidation sites excluding steroid dienone is 1. The first-order valence-electron chi connectivity index (χ1n) is 24.1. The molecule has 21 nitrogen and oxygen atoms in total. The number of carboxylic acid groups (broad SMARTS) is 1. The summed E-state index contributed by atoms with van der Waals surface area (Å²) in [6.45, 7) is 8.89. The van der Waals surface area contributed by atoms with Crippen molar-refractivity contribution in [1.82, 2.24) is 41.7 Å². The van der Waals surface area contributed by atoms with Crippen LogP contribution in [-0.2, 0) is 49.6 Å². The van der Waals surface area contributed by atoms with E-state index < -0.39 is 120 Å². The van der Waals surface area contributed by atoms with Gasteiger partial charge < -0.3 is 62.1 Å². The van der Waals surface area contributed by atoms with Crippen LogP contribution in [0.3, 0.4) is 0 Å². The number of carbonyl (C=O) groups excluding carboxylic acids is 8. The Balaban J connectivity index is 1.65. The summed E-state index contributed by atoms with van der Waals surface area (Å²) in [5.41, 5.74) is 0.585. The monoisotopic (exact) mass is 971 g/mol. The van der Waals surface area contributed by atoms with Crippen molar-refractivity contribution >= 4 is 53.2 Å². The second-order valence-electron chi connectivity index (χ2n) is 18.2. The summed E-state index contributed by atoms with van der Waals surface area (Å²) in [6, 6.07) is -0.388. The largest absolute Gasteiger partial charge is 0.480 e. The highest BCUT2D eigenvalue weighted by atomic mass is 16.4. The highest BCUT2D eigenvalue weighted by Gasteiger charge is 2.41. The molecular weight excluding hydrogens is 897 g/mol. The van der Waals surface area contributed by atoms with Crippen LogP contribution in [0.4, 0.5) is 0 Å². The van der Waals surface area contributed by atoms with Gasteiger partial charge in [-0.05, 0) is 64.4 Å². The van der Waals surface area contributed by atoms with E-state index in [4.69, 9.17) is 0 Å². The molecule has 0 radical (unpaired) electrons. The van der Waals surface area contributed by atoms with Crippen molar-refractivity contribution in [2.45, 2.75) is 173 Å². The van der Waals surface area contributed by atoms with E-state index in [2.05, 4.69) is 38.8 Å². The van der Waals surface area contributed by atoms with Crippen molar-refractivity contribution in [3.63, 3.8) is 0 Å². The minimum Gasteiger partial charge on any atom is -0.480 e. The van der Waals surface area contributed by atoms with Gasteiger partial charge in [0.2, 0.25) is 41.4 Å². The summed E-state index contributed by atoms with van der Waals surface area (Å²) in [5, 5.41) is 55.0. The fourth-order valence-electron chi connectivity index (χ4n) is 8.29. The molecule has 69 heavy (non-hydrogen) atoms. The van der Waals surface area contributed by atoms with Crippen molar-refractivity contribution in [2.24, 2.45) is 5.92 Å². The van der Waals surface area contributed by atoms with Crippen LogP contribution in [0, 0.1) is 5.92 Å². The van der Waals surface area contributed by atoms with Crippen LogP contribution in [0.2, 0.25) is 0 Å². The number of unbranched alkanes of at least 4 members (excludes halogenated alkanes) is 4. The number of hydrogen-bond donors (Lipinski definition) is 10. The number of aliphatic carboxylic acids is 1. The number of aliphatic hydroxyl groups is 3. The van der Waals surface area contributed by atoms with Crippen LogP contribution in [0.5, 0.6) is 0 Å². The first-order valence-corrected chi connectivity index (χ1v) is 24.1. The van der Waals surface area contributed by atoms with Crippen molar-refractivity contribution in [2.75, 3.05) is 19.7 Å². The van der Waals surface area contributed by atoms with Gasteiger partial charge in [-0.3, -0.25) is 38.4 Å². The first-order chi connectivity index (χ1) is 32.7. The van der Waals surface area contributed by atoms with E-state index in [0.717, 1.165) is 32.1 Å². The molecule has 0 bridgehead atoms. The molecule has 8 amide bonds. The number of benzene rings is 1. The minimum absolute atomic E-state index is 0.00859. The third-order valence-corrected chi connectivity index (χ3v) is 12.3. The lowest BCUT2D eigenvalue weighted by Crippen LogP contribution is -2.61. The van der Waals surface area contributed by atoms with E-state index in [1.54, 1.807) is 51.1 Å². The van der Waals surface area contributed by atoms with Crippen LogP contribution in [0.1, 0.15) is 118 Å². The number of rotatable bonds is 27. The first kappa shape index (κ1) is 57.4. The molecule has 21 heteroatoms. The van der Waals surface area contributed by atoms with E-state index in [0.29, 0.717) is 24.8 Å². The summed E-state index contributed by atoms with van der Waals surface area (Å²) >= 11 is 0. The zero-order valence-electron chi connectivity index (χ0n) is 40.7. The zero-order chi connectivity index (χ0) is 51.4. The highest BCUT2D eigenvalue weighted by Crippen LogP contribution is 2.22. The van der Waals surface area contributed by atoms with Crippen LogP contribution >= 0.6 is 0 Å². The third kappa shape index (κ3) is 17.5. The molecule has 2 heterocycles. The fraction of sp³-hybridized carbons (Fsp3) is 0.646. The van der Waals surface area contributed by atoms with Crippen LogP contribution in [0.15, 0.2) is 42.1 Å². The number of nitrogens with zero attached hydrogens (tertiary/aromatic N) is 2. The Morgan fingerprint density at radius 1 is 0.725 bits per heavy atom. The number of carboxylic acids is 1. The number of likely N-dealkylation sites (tertiary alicyclic amines) is 2. The van der Waals surface area contributed by atoms with Crippen molar-refractivity contribution < 1.29 is 63.6 Å². The maximum absolute atomic E-state index is 14.2. The Morgan fingerprint density at radius 3 is 1.91 bits per heavy atom. The van der Waals surface area contributed by atoms with Gasteiger partial charge in [0.05, 0.1) is 25.2 Å². The molecule has 9 atom stereocenters. The summed E-state index contributed by atoms with van der Waals surface area (Å²) in [7, 11) is 0. The molecule has 0 aliphatic carbocycles. The van der Waals surface area contributed by atoms with E-state index >= 15 is 0 Å². The quantitative estimate of drug-likeness (QED) is 0.0408. The summed E-state index contributed by atoms with van der Waals surface area (Å²) < 4.78 is 0. The molecule has 0 spiro atoms. The third-order valence-electron chi connectivity index (χ3n) is 12.3. The zero-order valence-corrected chi connectivity index (χ0v) is 40.7. The van der Waals surface area contributed by atoms with E-state index in [1.165, 1.54) is 29.7 Å². The SMILES string of the molecule is CC=C(NC(=O)CC(O)CCCCCCC)C(=O)N1CCCC1C(=O)NC(CO)C(=O)NC(C)C(=O)NC(C(=O)NC(Cc1ccccc1)C(=O)N1CCCC1C(=O)NC(C(=O)O)C(C)O)C(C)C. The Kier molecular flexibility index (Phi) is 23.7. The van der Waals surface area contributed by atoms with Gasteiger partial charge in [-0.2, -0.15) is 0 Å². The molecule has 9 unspecified atom stereocenters. The second-order valence-corrected chi connectivity index (χ2v) is 18.2. The summed E-state index contributed by atoms with van der Waals surface area (Å²) in [6.07, 6.45) is 5.53. The van der Waals surface area contributed by atoms with Crippen molar-refractivity contribution in [3.8, 4) is 0 Å². The molecular formula is C48H74N8O13. The molecule has 2 fully saturated rings. The summed E-state index contributed by atoms with van der Waals surface area (Å²) in [5.74, 6) is -7.89. The molecule has 3 rings (SSSR count). The Hall–Kier alpha value is -5.93. The van der Waals surface area contributed by atoms with Crippen molar-refractivity contribution in [3.05, 3.63) is 47.7 Å². The van der Waals surface area contributed by atoms with Crippen LogP contribution in [0.25, 0.3) is 0 Å². The normalized spacial score (nSPS) is 19.0. The van der Waals surface area contributed by atoms with Crippen LogP contribution in [-0.4, -0.2) is 158 Å². The van der Waals surface area contributed by atoms with Gasteiger partial charge in [-0.1, -0.05) is 89.3 Å². The van der Waals surface area contributed by atoms with Gasteiger partial charge in [0, 0.05) is 19.5 Å². The van der Waals surface area contributed by atoms with Gasteiger partial charge >= 0.3 is 5.97 Å². The fourth-order valence-corrected chi connectivity index (χ4v) is 8.29. The van der Waals surface area contributed by atoms with Crippen molar-refractivity contribution in [1.29, 1.82) is 0 Å². The second kappa shape index (κ2) is 28.5. The number of aliphatic hydroxyl groups excluding tert-OH is 3. The maximum atomic E-state index is 14.2. The lowest BCUT2D eigenvalue weighted by Gasteiger charge is -2.31. The van der Waals surface area contributed by atoms with Gasteiger partial charge in [-0.15, -0.1) is 0 Å². The number of nitrogens with one attached hydrogen (secondary N) is 6. The Morgan fingerprint density at radius 2 is 1.33 bits per heavy atom. The standard InChI is InChI=1S/C48H74N8O13/c1-7-9-10-11-15-20-32(59)26-38(60)50-33(8-2)46(66)55-23-16-21-36(55)43(63)52-35(27-57)42(62)49-29(5)41(61)53-39(28(3)4)45(65)51-34(25-31-18-13-12-14-19-31)47(67)56-24-17-22-37(56)44(64)54-40(30(6)58)48(68)69/h8,12-14,18-19,28-30,32,34-37,39-40,57-59H,7,9-11,15-17,20-27H2,1-6H3,(H,49,62)(H,50,60)(H,51,65)(H,52,63)(H,53,61)(H,54,64)(H,68,69). The molecule has 1 aromatic rings. The molecule has 0 aromatic heterocycles. The topological polar surface area (TPSA) is 313 Å². The van der Waals surface area contributed by atoms with Gasteiger partial charge in [0.15, 0.2) is 6.04 Å². The van der Waals surface area contributed by atoms with E-state index in [1.807, 2.05) is 0 Å². The smallest absolute Gasteiger partial charge is 0.328 e. The molecule has 384 valence electrons. The van der Waals surface area contributed by atoms with Gasteiger partial charge in [-0.25, -0.2) is 4.79 Å². The highest BCUT2D eigenvalue weighted by molar-refractivity contribution is 6.01. The summed E-state index contributed by atoms with van der Waals surface area (Å²) in [4.78, 5) is 122. The maximum Gasteiger partial charge on any atom is 0.328 e.